The second-order valence-electron chi connectivity index (χ2n) is 4.74. The quantitative estimate of drug-likeness (QED) is 0.915. The van der Waals surface area contributed by atoms with Crippen LogP contribution in [0.25, 0.3) is 0 Å². The topological polar surface area (TPSA) is 24.9 Å². The zero-order valence-corrected chi connectivity index (χ0v) is 12.9. The molecular formula is C14H22N2S2. The van der Waals surface area contributed by atoms with Crippen molar-refractivity contribution in [1.29, 1.82) is 0 Å². The average molecular weight is 282 g/mol. The van der Waals surface area contributed by atoms with E-state index in [1.165, 1.54) is 11.3 Å². The lowest BCUT2D eigenvalue weighted by Gasteiger charge is -2.36. The molecule has 0 radical (unpaired) electrons. The van der Waals surface area contributed by atoms with Crippen LogP contribution in [0.2, 0.25) is 0 Å². The fourth-order valence-corrected chi connectivity index (χ4v) is 5.34. The lowest BCUT2D eigenvalue weighted by Crippen LogP contribution is -2.37. The fraction of sp³-hybridized carbons (Fsp3) is 0.643. The van der Waals surface area contributed by atoms with Gasteiger partial charge < -0.3 is 5.32 Å². The first-order valence-electron chi connectivity index (χ1n) is 6.62. The number of thioether (sulfide) groups is 2. The van der Waals surface area contributed by atoms with Gasteiger partial charge in [-0.1, -0.05) is 26.8 Å². The highest BCUT2D eigenvalue weighted by Gasteiger charge is 2.31. The van der Waals surface area contributed by atoms with E-state index in [0.717, 1.165) is 17.0 Å². The summed E-state index contributed by atoms with van der Waals surface area (Å²) >= 11 is 4.23. The van der Waals surface area contributed by atoms with Crippen molar-refractivity contribution in [3.05, 3.63) is 30.1 Å². The Labute approximate surface area is 119 Å². The molecule has 1 aliphatic heterocycles. The molecule has 4 atom stereocenters. The van der Waals surface area contributed by atoms with Crippen molar-refractivity contribution in [3.8, 4) is 0 Å². The van der Waals surface area contributed by atoms with Gasteiger partial charge in [-0.15, -0.1) is 0 Å². The van der Waals surface area contributed by atoms with Gasteiger partial charge in [-0.3, -0.25) is 4.98 Å². The Morgan fingerprint density at radius 2 is 2.28 bits per heavy atom. The Hall–Kier alpha value is -0.190. The van der Waals surface area contributed by atoms with E-state index in [0.29, 0.717) is 11.3 Å². The van der Waals surface area contributed by atoms with Gasteiger partial charge in [0.2, 0.25) is 0 Å². The largest absolute Gasteiger partial charge is 0.309 e. The summed E-state index contributed by atoms with van der Waals surface area (Å²) in [5.41, 5.74) is 1.32. The van der Waals surface area contributed by atoms with E-state index in [4.69, 9.17) is 0 Å². The molecule has 1 saturated heterocycles. The van der Waals surface area contributed by atoms with Gasteiger partial charge in [0, 0.05) is 39.9 Å². The van der Waals surface area contributed by atoms with Gasteiger partial charge in [0.1, 0.15) is 0 Å². The van der Waals surface area contributed by atoms with Crippen LogP contribution >= 0.6 is 23.5 Å². The molecular weight excluding hydrogens is 260 g/mol. The van der Waals surface area contributed by atoms with Crippen LogP contribution in [0.5, 0.6) is 0 Å². The van der Waals surface area contributed by atoms with E-state index in [1.807, 2.05) is 18.5 Å². The van der Waals surface area contributed by atoms with Gasteiger partial charge in [-0.05, 0) is 18.2 Å². The maximum absolute atomic E-state index is 4.26. The van der Waals surface area contributed by atoms with E-state index < -0.39 is 0 Å². The summed E-state index contributed by atoms with van der Waals surface area (Å²) in [6, 6.07) is 4.65. The van der Waals surface area contributed by atoms with Crippen molar-refractivity contribution in [2.45, 2.75) is 42.6 Å². The van der Waals surface area contributed by atoms with Gasteiger partial charge in [0.15, 0.2) is 0 Å². The van der Waals surface area contributed by atoms with Crippen molar-refractivity contribution < 1.29 is 0 Å². The second kappa shape index (κ2) is 6.83. The lowest BCUT2D eigenvalue weighted by atomic mass is 10.1. The van der Waals surface area contributed by atoms with Crippen molar-refractivity contribution >= 4 is 23.5 Å². The SMILES string of the molecule is CCNC(c1cccnc1)C1CSC(C)C(C)S1. The third-order valence-electron chi connectivity index (χ3n) is 3.41. The molecule has 2 rings (SSSR count). The Morgan fingerprint density at radius 3 is 2.89 bits per heavy atom. The molecule has 1 aromatic rings. The minimum absolute atomic E-state index is 0.427. The molecule has 0 bridgehead atoms. The fourth-order valence-electron chi connectivity index (χ4n) is 2.23. The number of hydrogen-bond acceptors (Lipinski definition) is 4. The summed E-state index contributed by atoms with van der Waals surface area (Å²) in [4.78, 5) is 4.26. The summed E-state index contributed by atoms with van der Waals surface area (Å²) in [7, 11) is 0. The van der Waals surface area contributed by atoms with E-state index in [1.54, 1.807) is 0 Å². The van der Waals surface area contributed by atoms with Crippen LogP contribution in [-0.4, -0.2) is 33.0 Å². The third-order valence-corrected chi connectivity index (χ3v) is 6.91. The molecule has 0 aromatic carbocycles. The molecule has 1 N–H and O–H groups in total. The number of nitrogens with one attached hydrogen (secondary N) is 1. The molecule has 4 heteroatoms. The number of hydrogen-bond donors (Lipinski definition) is 1. The molecule has 2 heterocycles. The summed E-state index contributed by atoms with van der Waals surface area (Å²) < 4.78 is 0. The minimum atomic E-state index is 0.427. The van der Waals surface area contributed by atoms with E-state index in [-0.39, 0.29) is 0 Å². The lowest BCUT2D eigenvalue weighted by molar-refractivity contribution is 0.546. The van der Waals surface area contributed by atoms with Crippen LogP contribution < -0.4 is 5.32 Å². The van der Waals surface area contributed by atoms with Crippen LogP contribution in [0.15, 0.2) is 24.5 Å². The summed E-state index contributed by atoms with van der Waals surface area (Å²) in [5.74, 6) is 1.22. The summed E-state index contributed by atoms with van der Waals surface area (Å²) in [6.07, 6.45) is 3.85. The van der Waals surface area contributed by atoms with Crippen molar-refractivity contribution in [3.63, 3.8) is 0 Å². The Kier molecular flexibility index (Phi) is 5.39. The number of aromatic nitrogens is 1. The van der Waals surface area contributed by atoms with Gasteiger partial charge >= 0.3 is 0 Å². The smallest absolute Gasteiger partial charge is 0.0464 e. The van der Waals surface area contributed by atoms with Gasteiger partial charge in [0.25, 0.3) is 0 Å². The molecule has 0 amide bonds. The number of nitrogens with zero attached hydrogens (tertiary/aromatic N) is 1. The molecule has 18 heavy (non-hydrogen) atoms. The molecule has 1 aromatic heterocycles. The molecule has 0 spiro atoms. The van der Waals surface area contributed by atoms with Crippen LogP contribution in [0, 0.1) is 0 Å². The van der Waals surface area contributed by atoms with E-state index in [2.05, 4.69) is 60.7 Å². The summed E-state index contributed by atoms with van der Waals surface area (Å²) in [5, 5.41) is 5.77. The normalized spacial score (nSPS) is 30.1. The van der Waals surface area contributed by atoms with Crippen LogP contribution in [0.1, 0.15) is 32.4 Å². The summed E-state index contributed by atoms with van der Waals surface area (Å²) in [6.45, 7) is 7.87. The zero-order chi connectivity index (χ0) is 13.0. The highest BCUT2D eigenvalue weighted by molar-refractivity contribution is 8.07. The first-order chi connectivity index (χ1) is 8.72. The molecule has 2 nitrogen and oxygen atoms in total. The Balaban J connectivity index is 2.11. The van der Waals surface area contributed by atoms with Gasteiger partial charge in [-0.2, -0.15) is 23.5 Å². The van der Waals surface area contributed by atoms with Crippen LogP contribution in [0.3, 0.4) is 0 Å². The van der Waals surface area contributed by atoms with E-state index in [9.17, 15) is 0 Å². The predicted molar refractivity (Wildman–Crippen MR) is 83.4 cm³/mol. The molecule has 100 valence electrons. The van der Waals surface area contributed by atoms with Crippen LogP contribution in [0.4, 0.5) is 0 Å². The third kappa shape index (κ3) is 3.43. The van der Waals surface area contributed by atoms with Crippen molar-refractivity contribution in [2.24, 2.45) is 0 Å². The Bertz CT molecular complexity index is 358. The molecule has 0 aliphatic carbocycles. The van der Waals surface area contributed by atoms with Gasteiger partial charge in [-0.25, -0.2) is 0 Å². The number of rotatable bonds is 4. The van der Waals surface area contributed by atoms with Crippen LogP contribution in [-0.2, 0) is 0 Å². The maximum atomic E-state index is 4.26. The first-order valence-corrected chi connectivity index (χ1v) is 8.62. The minimum Gasteiger partial charge on any atom is -0.309 e. The van der Waals surface area contributed by atoms with Crippen molar-refractivity contribution in [2.75, 3.05) is 12.3 Å². The highest BCUT2D eigenvalue weighted by Crippen LogP contribution is 2.40. The van der Waals surface area contributed by atoms with Gasteiger partial charge in [0.05, 0.1) is 0 Å². The molecule has 0 saturated carbocycles. The highest BCUT2D eigenvalue weighted by atomic mass is 32.2. The average Bonchev–Trinajstić information content (AvgIpc) is 2.40. The van der Waals surface area contributed by atoms with Crippen molar-refractivity contribution in [1.82, 2.24) is 10.3 Å². The Morgan fingerprint density at radius 1 is 1.44 bits per heavy atom. The predicted octanol–water partition coefficient (Wildman–Crippen LogP) is 3.36. The monoisotopic (exact) mass is 282 g/mol. The second-order valence-corrected chi connectivity index (χ2v) is 7.77. The molecule has 4 unspecified atom stereocenters. The zero-order valence-electron chi connectivity index (χ0n) is 11.3. The standard InChI is InChI=1S/C14H22N2S2/c1-4-16-14(12-6-5-7-15-8-12)13-9-17-10(2)11(3)18-13/h5-8,10-11,13-14,16H,4,9H2,1-3H3. The first kappa shape index (κ1) is 14.2. The van der Waals surface area contributed by atoms with E-state index >= 15 is 0 Å². The molecule has 1 fully saturated rings. The maximum Gasteiger partial charge on any atom is 0.0464 e. The molecule has 1 aliphatic rings. The number of pyridine rings is 1.